The van der Waals surface area contributed by atoms with Crippen molar-refractivity contribution in [3.8, 4) is 12.3 Å². The van der Waals surface area contributed by atoms with Crippen LogP contribution < -0.4 is 10.6 Å². The maximum atomic E-state index is 11.5. The summed E-state index contributed by atoms with van der Waals surface area (Å²) in [5.41, 5.74) is -0.981. The van der Waals surface area contributed by atoms with Crippen molar-refractivity contribution in [2.75, 3.05) is 6.54 Å². The molecule has 0 saturated carbocycles. The Morgan fingerprint density at radius 2 is 2.06 bits per heavy atom. The van der Waals surface area contributed by atoms with Gasteiger partial charge in [0.1, 0.15) is 0 Å². The molecule has 0 saturated heterocycles. The van der Waals surface area contributed by atoms with Gasteiger partial charge in [-0.25, -0.2) is 4.79 Å². The molecule has 3 N–H and O–H groups in total. The maximum absolute atomic E-state index is 11.5. The number of carbonyl (C=O) groups excluding carboxylic acids is 1. The zero-order valence-electron chi connectivity index (χ0n) is 10.5. The molecule has 0 aromatic rings. The van der Waals surface area contributed by atoms with Gasteiger partial charge in [0.25, 0.3) is 0 Å². The lowest BCUT2D eigenvalue weighted by molar-refractivity contribution is -0.146. The topological polar surface area (TPSA) is 78.4 Å². The summed E-state index contributed by atoms with van der Waals surface area (Å²) in [4.78, 5) is 22.3. The highest BCUT2D eigenvalue weighted by atomic mass is 16.4. The molecular weight excluding hydrogens is 220 g/mol. The van der Waals surface area contributed by atoms with Crippen molar-refractivity contribution in [2.45, 2.75) is 39.7 Å². The van der Waals surface area contributed by atoms with Gasteiger partial charge < -0.3 is 15.7 Å². The SMILES string of the molecule is C#CCC(CC)NC(=O)NCC(C)(C)C(=O)O. The van der Waals surface area contributed by atoms with Gasteiger partial charge in [0.05, 0.1) is 5.41 Å². The molecule has 1 atom stereocenters. The molecule has 0 fully saturated rings. The first-order chi connectivity index (χ1) is 7.83. The minimum absolute atomic E-state index is 0.0701. The number of urea groups is 1. The second-order valence-corrected chi connectivity index (χ2v) is 4.53. The second-order valence-electron chi connectivity index (χ2n) is 4.53. The molecule has 0 aromatic heterocycles. The first-order valence-corrected chi connectivity index (χ1v) is 5.54. The highest BCUT2D eigenvalue weighted by molar-refractivity contribution is 5.77. The summed E-state index contributed by atoms with van der Waals surface area (Å²) >= 11 is 0. The lowest BCUT2D eigenvalue weighted by atomic mass is 9.94. The third-order valence-electron chi connectivity index (χ3n) is 2.46. The number of rotatable bonds is 6. The molecule has 0 rings (SSSR count). The van der Waals surface area contributed by atoms with E-state index in [1.807, 2.05) is 6.92 Å². The van der Waals surface area contributed by atoms with Crippen LogP contribution >= 0.6 is 0 Å². The molecule has 0 heterocycles. The number of carboxylic acid groups (broad SMARTS) is 1. The first kappa shape index (κ1) is 15.3. The highest BCUT2D eigenvalue weighted by Crippen LogP contribution is 2.12. The zero-order chi connectivity index (χ0) is 13.5. The lowest BCUT2D eigenvalue weighted by Crippen LogP contribution is -2.46. The van der Waals surface area contributed by atoms with Crippen LogP contribution in [0.3, 0.4) is 0 Å². The number of hydrogen-bond donors (Lipinski definition) is 3. The molecule has 5 heteroatoms. The fourth-order valence-electron chi connectivity index (χ4n) is 1.05. The van der Waals surface area contributed by atoms with Crippen molar-refractivity contribution < 1.29 is 14.7 Å². The molecule has 0 bridgehead atoms. The third kappa shape index (κ3) is 5.81. The first-order valence-electron chi connectivity index (χ1n) is 5.54. The average molecular weight is 240 g/mol. The van der Waals surface area contributed by atoms with Gasteiger partial charge in [0, 0.05) is 19.0 Å². The van der Waals surface area contributed by atoms with E-state index >= 15 is 0 Å². The van der Waals surface area contributed by atoms with Crippen LogP contribution in [-0.4, -0.2) is 29.7 Å². The van der Waals surface area contributed by atoms with Crippen LogP contribution in [0.1, 0.15) is 33.6 Å². The van der Waals surface area contributed by atoms with E-state index in [9.17, 15) is 9.59 Å². The van der Waals surface area contributed by atoms with Gasteiger partial charge in [-0.1, -0.05) is 6.92 Å². The summed E-state index contributed by atoms with van der Waals surface area (Å²) in [7, 11) is 0. The van der Waals surface area contributed by atoms with E-state index in [0.29, 0.717) is 6.42 Å². The molecule has 0 aromatic carbocycles. The molecule has 17 heavy (non-hydrogen) atoms. The predicted octanol–water partition coefficient (Wildman–Crippen LogP) is 1.20. The van der Waals surface area contributed by atoms with Gasteiger partial charge in [-0.2, -0.15) is 0 Å². The lowest BCUT2D eigenvalue weighted by Gasteiger charge is -2.21. The second kappa shape index (κ2) is 6.79. The number of carboxylic acids is 1. The predicted molar refractivity (Wildman–Crippen MR) is 65.5 cm³/mol. The summed E-state index contributed by atoms with van der Waals surface area (Å²) in [5, 5.41) is 14.1. The summed E-state index contributed by atoms with van der Waals surface area (Å²) < 4.78 is 0. The molecule has 0 aliphatic carbocycles. The van der Waals surface area contributed by atoms with E-state index in [2.05, 4.69) is 16.6 Å². The van der Waals surface area contributed by atoms with Crippen molar-refractivity contribution >= 4 is 12.0 Å². The smallest absolute Gasteiger partial charge is 0.315 e. The molecule has 0 aliphatic rings. The quantitative estimate of drug-likeness (QED) is 0.610. The summed E-state index contributed by atoms with van der Waals surface area (Å²) in [6, 6.07) is -0.464. The molecule has 0 spiro atoms. The van der Waals surface area contributed by atoms with Crippen LogP contribution in [0.2, 0.25) is 0 Å². The van der Waals surface area contributed by atoms with Crippen molar-refractivity contribution in [1.29, 1.82) is 0 Å². The summed E-state index contributed by atoms with van der Waals surface area (Å²) in [5.74, 6) is 1.53. The van der Waals surface area contributed by atoms with E-state index < -0.39 is 11.4 Å². The minimum atomic E-state index is -0.981. The van der Waals surface area contributed by atoms with Gasteiger partial charge in [-0.15, -0.1) is 12.3 Å². The number of nitrogens with one attached hydrogen (secondary N) is 2. The Bertz CT molecular complexity index is 318. The normalized spacial score (nSPS) is 12.4. The van der Waals surface area contributed by atoms with Crippen LogP contribution in [0.5, 0.6) is 0 Å². The Morgan fingerprint density at radius 1 is 1.47 bits per heavy atom. The molecular formula is C12H20N2O3. The number of aliphatic carboxylic acids is 1. The summed E-state index contributed by atoms with van der Waals surface area (Å²) in [6.45, 7) is 5.09. The number of hydrogen-bond acceptors (Lipinski definition) is 2. The Morgan fingerprint density at radius 3 is 2.47 bits per heavy atom. The Labute approximate surface area is 102 Å². The molecule has 5 nitrogen and oxygen atoms in total. The van der Waals surface area contributed by atoms with Crippen molar-refractivity contribution in [2.24, 2.45) is 5.41 Å². The average Bonchev–Trinajstić information content (AvgIpc) is 2.25. The fourth-order valence-corrected chi connectivity index (χ4v) is 1.05. The largest absolute Gasteiger partial charge is 0.481 e. The maximum Gasteiger partial charge on any atom is 0.315 e. The van der Waals surface area contributed by atoms with E-state index in [1.54, 1.807) is 13.8 Å². The molecule has 1 unspecified atom stereocenters. The van der Waals surface area contributed by atoms with E-state index in [4.69, 9.17) is 11.5 Å². The van der Waals surface area contributed by atoms with E-state index in [0.717, 1.165) is 6.42 Å². The monoisotopic (exact) mass is 240 g/mol. The van der Waals surface area contributed by atoms with Crippen LogP contribution in [0.25, 0.3) is 0 Å². The highest BCUT2D eigenvalue weighted by Gasteiger charge is 2.27. The van der Waals surface area contributed by atoms with Crippen LogP contribution in [-0.2, 0) is 4.79 Å². The van der Waals surface area contributed by atoms with Crippen molar-refractivity contribution in [1.82, 2.24) is 10.6 Å². The minimum Gasteiger partial charge on any atom is -0.481 e. The number of terminal acetylenes is 1. The van der Waals surface area contributed by atoms with Crippen LogP contribution in [0, 0.1) is 17.8 Å². The molecule has 0 aliphatic heterocycles. The van der Waals surface area contributed by atoms with Gasteiger partial charge in [-0.05, 0) is 20.3 Å². The Kier molecular flexibility index (Phi) is 6.11. The van der Waals surface area contributed by atoms with Crippen molar-refractivity contribution in [3.63, 3.8) is 0 Å². The van der Waals surface area contributed by atoms with Gasteiger partial charge in [0.2, 0.25) is 0 Å². The Balaban J connectivity index is 4.11. The van der Waals surface area contributed by atoms with E-state index in [-0.39, 0.29) is 18.6 Å². The van der Waals surface area contributed by atoms with Gasteiger partial charge in [0.15, 0.2) is 0 Å². The Hall–Kier alpha value is -1.70. The van der Waals surface area contributed by atoms with Crippen molar-refractivity contribution in [3.05, 3.63) is 0 Å². The zero-order valence-corrected chi connectivity index (χ0v) is 10.5. The molecule has 96 valence electrons. The summed E-state index contributed by atoms with van der Waals surface area (Å²) in [6.07, 6.45) is 6.36. The fraction of sp³-hybridized carbons (Fsp3) is 0.667. The number of amides is 2. The van der Waals surface area contributed by atoms with Crippen LogP contribution in [0.15, 0.2) is 0 Å². The number of carbonyl (C=O) groups is 2. The standard InChI is InChI=1S/C12H20N2O3/c1-5-7-9(6-2)14-11(17)13-8-12(3,4)10(15)16/h1,9H,6-8H2,2-4H3,(H,15,16)(H2,13,14,17). The van der Waals surface area contributed by atoms with Crippen LogP contribution in [0.4, 0.5) is 4.79 Å². The van der Waals surface area contributed by atoms with E-state index in [1.165, 1.54) is 0 Å². The van der Waals surface area contributed by atoms with Gasteiger partial charge >= 0.3 is 12.0 Å². The van der Waals surface area contributed by atoms with Gasteiger partial charge in [-0.3, -0.25) is 4.79 Å². The molecule has 0 radical (unpaired) electrons. The molecule has 2 amide bonds. The third-order valence-corrected chi connectivity index (χ3v) is 2.46.